The van der Waals surface area contributed by atoms with Crippen LogP contribution < -0.4 is 9.64 Å². The second kappa shape index (κ2) is 6.45. The van der Waals surface area contributed by atoms with Gasteiger partial charge in [-0.2, -0.15) is 0 Å². The highest BCUT2D eigenvalue weighted by Crippen LogP contribution is 2.33. The summed E-state index contributed by atoms with van der Waals surface area (Å²) in [5, 5.41) is 0. The highest BCUT2D eigenvalue weighted by molar-refractivity contribution is 5.99. The molecule has 0 bridgehead atoms. The van der Waals surface area contributed by atoms with E-state index in [2.05, 4.69) is 13.0 Å². The highest BCUT2D eigenvalue weighted by Gasteiger charge is 2.34. The van der Waals surface area contributed by atoms with E-state index < -0.39 is 6.10 Å². The number of benzene rings is 2. The molecule has 0 spiro atoms. The summed E-state index contributed by atoms with van der Waals surface area (Å²) in [6, 6.07) is 16.2. The van der Waals surface area contributed by atoms with Crippen molar-refractivity contribution >= 4 is 11.6 Å². The molecule has 0 aromatic heterocycles. The first-order valence-electron chi connectivity index (χ1n) is 8.24. The summed E-state index contributed by atoms with van der Waals surface area (Å²) in [4.78, 5) is 14.9. The number of aryl methyl sites for hydroxylation is 1. The number of anilines is 1. The van der Waals surface area contributed by atoms with Crippen LogP contribution in [0.25, 0.3) is 0 Å². The standard InChI is InChI=1S/C20H23NO2/c1-4-19(23-17-10-7-8-14(2)12-17)20(22)21-15(3)13-16-9-5-6-11-18(16)21/h5-12,15,19H,4,13H2,1-3H3/t15-,19-/m0/s1. The lowest BCUT2D eigenvalue weighted by atomic mass is 10.1. The molecule has 3 heteroatoms. The van der Waals surface area contributed by atoms with E-state index in [1.807, 2.05) is 61.2 Å². The smallest absolute Gasteiger partial charge is 0.268 e. The number of ether oxygens (including phenoxy) is 1. The SMILES string of the molecule is CC[C@H](Oc1cccc(C)c1)C(=O)N1c2ccccc2C[C@@H]1C. The molecule has 0 saturated heterocycles. The summed E-state index contributed by atoms with van der Waals surface area (Å²) in [6.07, 6.45) is 1.10. The molecule has 3 rings (SSSR count). The molecule has 0 aliphatic carbocycles. The van der Waals surface area contributed by atoms with Crippen LogP contribution in [0, 0.1) is 6.92 Å². The Balaban J connectivity index is 1.83. The molecule has 0 radical (unpaired) electrons. The van der Waals surface area contributed by atoms with Gasteiger partial charge in [-0.25, -0.2) is 0 Å². The summed E-state index contributed by atoms with van der Waals surface area (Å²) in [5.74, 6) is 0.803. The summed E-state index contributed by atoms with van der Waals surface area (Å²) in [6.45, 7) is 6.11. The largest absolute Gasteiger partial charge is 0.481 e. The van der Waals surface area contributed by atoms with Gasteiger partial charge in [-0.15, -0.1) is 0 Å². The molecule has 1 aliphatic heterocycles. The van der Waals surface area contributed by atoms with Crippen LogP contribution in [-0.4, -0.2) is 18.1 Å². The normalized spacial score (nSPS) is 17.7. The molecule has 0 N–H and O–H groups in total. The number of carbonyl (C=O) groups is 1. The van der Waals surface area contributed by atoms with Crippen LogP contribution in [0.2, 0.25) is 0 Å². The topological polar surface area (TPSA) is 29.5 Å². The van der Waals surface area contributed by atoms with Gasteiger partial charge in [0.25, 0.3) is 5.91 Å². The first-order valence-corrected chi connectivity index (χ1v) is 8.24. The Morgan fingerprint density at radius 2 is 2.04 bits per heavy atom. The molecule has 120 valence electrons. The monoisotopic (exact) mass is 309 g/mol. The van der Waals surface area contributed by atoms with Crippen LogP contribution >= 0.6 is 0 Å². The molecule has 1 heterocycles. The molecule has 3 nitrogen and oxygen atoms in total. The number of para-hydroxylation sites is 1. The van der Waals surface area contributed by atoms with Gasteiger partial charge in [-0.05, 0) is 56.0 Å². The van der Waals surface area contributed by atoms with Gasteiger partial charge < -0.3 is 9.64 Å². The quantitative estimate of drug-likeness (QED) is 0.850. The number of hydrogen-bond acceptors (Lipinski definition) is 2. The summed E-state index contributed by atoms with van der Waals surface area (Å²) in [7, 11) is 0. The number of rotatable bonds is 4. The van der Waals surface area contributed by atoms with Crippen LogP contribution in [0.1, 0.15) is 31.4 Å². The molecule has 1 amide bonds. The number of hydrogen-bond donors (Lipinski definition) is 0. The van der Waals surface area contributed by atoms with Crippen molar-refractivity contribution in [2.24, 2.45) is 0 Å². The van der Waals surface area contributed by atoms with E-state index in [0.717, 1.165) is 23.4 Å². The lowest BCUT2D eigenvalue weighted by Gasteiger charge is -2.27. The molecule has 2 aromatic carbocycles. The van der Waals surface area contributed by atoms with Gasteiger partial charge in [0, 0.05) is 11.7 Å². The van der Waals surface area contributed by atoms with Gasteiger partial charge in [0.05, 0.1) is 0 Å². The minimum atomic E-state index is -0.453. The van der Waals surface area contributed by atoms with Gasteiger partial charge >= 0.3 is 0 Å². The van der Waals surface area contributed by atoms with Gasteiger partial charge in [0.2, 0.25) is 0 Å². The van der Waals surface area contributed by atoms with E-state index in [1.165, 1.54) is 5.56 Å². The molecule has 0 unspecified atom stereocenters. The molecule has 0 saturated carbocycles. The number of fused-ring (bicyclic) bond motifs is 1. The van der Waals surface area contributed by atoms with E-state index in [-0.39, 0.29) is 11.9 Å². The van der Waals surface area contributed by atoms with Crippen LogP contribution in [0.15, 0.2) is 48.5 Å². The fourth-order valence-corrected chi connectivity index (χ4v) is 3.22. The number of carbonyl (C=O) groups excluding carboxylic acids is 1. The molecule has 2 aromatic rings. The van der Waals surface area contributed by atoms with E-state index in [4.69, 9.17) is 4.74 Å². The molecule has 1 aliphatic rings. The van der Waals surface area contributed by atoms with Crippen LogP contribution in [0.5, 0.6) is 5.75 Å². The van der Waals surface area contributed by atoms with E-state index in [9.17, 15) is 4.79 Å². The Hall–Kier alpha value is -2.29. The maximum Gasteiger partial charge on any atom is 0.268 e. The zero-order valence-corrected chi connectivity index (χ0v) is 14.0. The molecular weight excluding hydrogens is 286 g/mol. The van der Waals surface area contributed by atoms with Crippen LogP contribution in [0.4, 0.5) is 5.69 Å². The first kappa shape index (κ1) is 15.6. The molecule has 2 atom stereocenters. The second-order valence-electron chi connectivity index (χ2n) is 6.22. The van der Waals surface area contributed by atoms with E-state index in [0.29, 0.717) is 6.42 Å². The van der Waals surface area contributed by atoms with Crippen molar-refractivity contribution < 1.29 is 9.53 Å². The summed E-state index contributed by atoms with van der Waals surface area (Å²) in [5.41, 5.74) is 3.39. The van der Waals surface area contributed by atoms with E-state index >= 15 is 0 Å². The van der Waals surface area contributed by atoms with Crippen molar-refractivity contribution in [3.63, 3.8) is 0 Å². The van der Waals surface area contributed by atoms with Gasteiger partial charge in [-0.1, -0.05) is 37.3 Å². The predicted molar refractivity (Wildman–Crippen MR) is 93.0 cm³/mol. The van der Waals surface area contributed by atoms with Crippen molar-refractivity contribution in [3.05, 3.63) is 59.7 Å². The third-order valence-corrected chi connectivity index (χ3v) is 4.36. The Labute approximate surface area is 137 Å². The van der Waals surface area contributed by atoms with Crippen molar-refractivity contribution in [1.82, 2.24) is 0 Å². The molecule has 0 fully saturated rings. The minimum absolute atomic E-state index is 0.0476. The Morgan fingerprint density at radius 3 is 2.78 bits per heavy atom. The lowest BCUT2D eigenvalue weighted by Crippen LogP contribution is -2.44. The Kier molecular flexibility index (Phi) is 4.37. The molecular formula is C20H23NO2. The summed E-state index contributed by atoms with van der Waals surface area (Å²) >= 11 is 0. The maximum absolute atomic E-state index is 13.0. The van der Waals surface area contributed by atoms with Crippen molar-refractivity contribution in [2.75, 3.05) is 4.90 Å². The summed E-state index contributed by atoms with van der Waals surface area (Å²) < 4.78 is 5.99. The third-order valence-electron chi connectivity index (χ3n) is 4.36. The van der Waals surface area contributed by atoms with Crippen molar-refractivity contribution in [3.8, 4) is 5.75 Å². The van der Waals surface area contributed by atoms with E-state index in [1.54, 1.807) is 0 Å². The average Bonchev–Trinajstić information content (AvgIpc) is 2.87. The van der Waals surface area contributed by atoms with Gasteiger partial charge in [0.1, 0.15) is 5.75 Å². The maximum atomic E-state index is 13.0. The fraction of sp³-hybridized carbons (Fsp3) is 0.350. The highest BCUT2D eigenvalue weighted by atomic mass is 16.5. The fourth-order valence-electron chi connectivity index (χ4n) is 3.22. The minimum Gasteiger partial charge on any atom is -0.481 e. The van der Waals surface area contributed by atoms with Crippen LogP contribution in [0.3, 0.4) is 0 Å². The number of nitrogens with zero attached hydrogens (tertiary/aromatic N) is 1. The van der Waals surface area contributed by atoms with Crippen molar-refractivity contribution in [1.29, 1.82) is 0 Å². The zero-order chi connectivity index (χ0) is 16.4. The van der Waals surface area contributed by atoms with Crippen LogP contribution in [-0.2, 0) is 11.2 Å². The average molecular weight is 309 g/mol. The molecule has 23 heavy (non-hydrogen) atoms. The zero-order valence-electron chi connectivity index (χ0n) is 14.0. The number of amides is 1. The Morgan fingerprint density at radius 1 is 1.26 bits per heavy atom. The van der Waals surface area contributed by atoms with Gasteiger partial charge in [0.15, 0.2) is 6.10 Å². The predicted octanol–water partition coefficient (Wildman–Crippen LogP) is 4.13. The second-order valence-corrected chi connectivity index (χ2v) is 6.22. The third kappa shape index (κ3) is 3.09. The van der Waals surface area contributed by atoms with Crippen molar-refractivity contribution in [2.45, 2.75) is 45.8 Å². The first-order chi connectivity index (χ1) is 11.1. The Bertz CT molecular complexity index is 710. The lowest BCUT2D eigenvalue weighted by molar-refractivity contribution is -0.125. The van der Waals surface area contributed by atoms with Gasteiger partial charge in [-0.3, -0.25) is 4.79 Å².